The number of hydrogen-bond donors (Lipinski definition) is 2. The third-order valence-electron chi connectivity index (χ3n) is 3.13. The van der Waals surface area contributed by atoms with Crippen LogP contribution in [0, 0.1) is 5.92 Å². The van der Waals surface area contributed by atoms with Crippen LogP contribution < -0.4 is 5.73 Å². The molecule has 0 aliphatic heterocycles. The molecule has 122 valence electrons. The van der Waals surface area contributed by atoms with Crippen molar-refractivity contribution in [2.24, 2.45) is 11.7 Å². The Morgan fingerprint density at radius 3 is 2.14 bits per heavy atom. The summed E-state index contributed by atoms with van der Waals surface area (Å²) in [6.45, 7) is 9.79. The molecule has 0 saturated carbocycles. The van der Waals surface area contributed by atoms with Gasteiger partial charge in [-0.25, -0.2) is 8.42 Å². The maximum atomic E-state index is 12.4. The van der Waals surface area contributed by atoms with Crippen molar-refractivity contribution in [1.82, 2.24) is 0 Å². The number of sulfone groups is 1. The Morgan fingerprint density at radius 2 is 1.76 bits per heavy atom. The summed E-state index contributed by atoms with van der Waals surface area (Å²) < 4.78 is 24.8. The minimum Gasteiger partial charge on any atom is -0.506 e. The first-order valence-corrected chi connectivity index (χ1v) is 8.43. The van der Waals surface area contributed by atoms with Gasteiger partial charge < -0.3 is 10.8 Å². The molecule has 3 N–H and O–H groups in total. The van der Waals surface area contributed by atoms with E-state index in [1.54, 1.807) is 12.1 Å². The molecule has 1 aromatic carbocycles. The van der Waals surface area contributed by atoms with Crippen LogP contribution in [-0.4, -0.2) is 19.3 Å². The van der Waals surface area contributed by atoms with Gasteiger partial charge in [-0.05, 0) is 23.0 Å². The quantitative estimate of drug-likeness (QED) is 0.886. The highest BCUT2D eigenvalue weighted by Gasteiger charge is 2.25. The Hall–Kier alpha value is -0.780. The van der Waals surface area contributed by atoms with E-state index in [1.807, 2.05) is 34.6 Å². The third kappa shape index (κ3) is 4.87. The van der Waals surface area contributed by atoms with Crippen LogP contribution >= 0.6 is 12.4 Å². The molecular weight excluding hydrogens is 310 g/mol. The maximum Gasteiger partial charge on any atom is 0.182 e. The molecule has 0 bridgehead atoms. The monoisotopic (exact) mass is 335 g/mol. The average molecular weight is 336 g/mol. The third-order valence-corrected chi connectivity index (χ3v) is 5.21. The Kier molecular flexibility index (Phi) is 6.73. The summed E-state index contributed by atoms with van der Waals surface area (Å²) in [7, 11) is -3.51. The van der Waals surface area contributed by atoms with E-state index in [-0.39, 0.29) is 46.7 Å². The van der Waals surface area contributed by atoms with Crippen LogP contribution in [0.15, 0.2) is 17.0 Å². The van der Waals surface area contributed by atoms with Crippen LogP contribution in [0.3, 0.4) is 0 Å². The van der Waals surface area contributed by atoms with E-state index >= 15 is 0 Å². The van der Waals surface area contributed by atoms with Crippen LogP contribution in [-0.2, 0) is 21.8 Å². The highest BCUT2D eigenvalue weighted by molar-refractivity contribution is 7.91. The predicted molar refractivity (Wildman–Crippen MR) is 88.8 cm³/mol. The summed E-state index contributed by atoms with van der Waals surface area (Å²) >= 11 is 0. The standard InChI is InChI=1S/C15H25NO3S.ClH/c1-10(2)9-20(18,19)13-7-12(15(3,4)5)6-11(8-16)14(13)17;/h6-7,10,17H,8-9,16H2,1-5H3;1H. The molecule has 0 unspecified atom stereocenters. The molecule has 0 heterocycles. The van der Waals surface area contributed by atoms with Gasteiger partial charge in [-0.15, -0.1) is 12.4 Å². The number of rotatable bonds is 4. The number of hydrogen-bond acceptors (Lipinski definition) is 4. The van der Waals surface area contributed by atoms with E-state index in [0.29, 0.717) is 5.56 Å². The lowest BCUT2D eigenvalue weighted by molar-refractivity contribution is 0.449. The number of benzene rings is 1. The Balaban J connectivity index is 0.00000400. The van der Waals surface area contributed by atoms with Gasteiger partial charge in [0.2, 0.25) is 0 Å². The van der Waals surface area contributed by atoms with Gasteiger partial charge in [0.05, 0.1) is 5.75 Å². The molecule has 0 spiro atoms. The van der Waals surface area contributed by atoms with Crippen molar-refractivity contribution in [2.75, 3.05) is 5.75 Å². The second-order valence-electron chi connectivity index (χ2n) is 6.61. The molecule has 0 fully saturated rings. The van der Waals surface area contributed by atoms with Crippen LogP contribution in [0.1, 0.15) is 45.7 Å². The number of halogens is 1. The molecule has 1 aromatic rings. The van der Waals surface area contributed by atoms with E-state index in [4.69, 9.17) is 5.73 Å². The first kappa shape index (κ1) is 20.2. The van der Waals surface area contributed by atoms with Gasteiger partial charge in [-0.2, -0.15) is 0 Å². The highest BCUT2D eigenvalue weighted by atomic mass is 35.5. The Bertz CT molecular complexity index is 590. The second kappa shape index (κ2) is 6.99. The summed E-state index contributed by atoms with van der Waals surface area (Å²) in [5.41, 5.74) is 6.74. The molecule has 0 amide bonds. The lowest BCUT2D eigenvalue weighted by Crippen LogP contribution is -2.17. The first-order valence-electron chi connectivity index (χ1n) is 6.78. The molecule has 4 nitrogen and oxygen atoms in total. The molecule has 0 atom stereocenters. The molecule has 0 aliphatic rings. The Morgan fingerprint density at radius 1 is 1.24 bits per heavy atom. The van der Waals surface area contributed by atoms with Crippen molar-refractivity contribution in [3.63, 3.8) is 0 Å². The fraction of sp³-hybridized carbons (Fsp3) is 0.600. The smallest absolute Gasteiger partial charge is 0.182 e. The van der Waals surface area contributed by atoms with Gasteiger partial charge in [-0.1, -0.05) is 40.7 Å². The number of nitrogens with two attached hydrogens (primary N) is 1. The summed E-state index contributed by atoms with van der Waals surface area (Å²) in [5.74, 6) is -0.196. The van der Waals surface area contributed by atoms with Crippen molar-refractivity contribution in [1.29, 1.82) is 0 Å². The molecule has 0 saturated heterocycles. The van der Waals surface area contributed by atoms with E-state index in [9.17, 15) is 13.5 Å². The summed E-state index contributed by atoms with van der Waals surface area (Å²) in [5, 5.41) is 10.2. The number of phenols is 1. The topological polar surface area (TPSA) is 80.4 Å². The molecule has 1 rings (SSSR count). The number of phenolic OH excluding ortho intramolecular Hbond substituents is 1. The minimum atomic E-state index is -3.51. The van der Waals surface area contributed by atoms with Gasteiger partial charge in [-0.3, -0.25) is 0 Å². The summed E-state index contributed by atoms with van der Waals surface area (Å²) in [4.78, 5) is -0.000856. The highest BCUT2D eigenvalue weighted by Crippen LogP contribution is 2.34. The van der Waals surface area contributed by atoms with Crippen LogP contribution in [0.2, 0.25) is 0 Å². The number of aromatic hydroxyl groups is 1. The second-order valence-corrected chi connectivity index (χ2v) is 8.61. The maximum absolute atomic E-state index is 12.4. The van der Waals surface area contributed by atoms with Crippen LogP contribution in [0.5, 0.6) is 5.75 Å². The summed E-state index contributed by atoms with van der Waals surface area (Å²) in [6.07, 6.45) is 0. The van der Waals surface area contributed by atoms with E-state index in [1.165, 1.54) is 0 Å². The zero-order valence-electron chi connectivity index (χ0n) is 13.3. The fourth-order valence-electron chi connectivity index (χ4n) is 2.02. The van der Waals surface area contributed by atoms with E-state index in [2.05, 4.69) is 0 Å². The van der Waals surface area contributed by atoms with Gasteiger partial charge in [0.15, 0.2) is 9.84 Å². The normalized spacial score (nSPS) is 12.3. The molecule has 0 aliphatic carbocycles. The SMILES string of the molecule is CC(C)CS(=O)(=O)c1cc(C(C)(C)C)cc(CN)c1O.Cl. The lowest BCUT2D eigenvalue weighted by Gasteiger charge is -2.22. The molecular formula is C15H26ClNO3S. The van der Waals surface area contributed by atoms with Gasteiger partial charge in [0, 0.05) is 12.1 Å². The van der Waals surface area contributed by atoms with Gasteiger partial charge in [0.1, 0.15) is 10.6 Å². The zero-order valence-corrected chi connectivity index (χ0v) is 14.9. The average Bonchev–Trinajstić information content (AvgIpc) is 2.25. The van der Waals surface area contributed by atoms with Crippen LogP contribution in [0.25, 0.3) is 0 Å². The van der Waals surface area contributed by atoms with E-state index < -0.39 is 9.84 Å². The summed E-state index contributed by atoms with van der Waals surface area (Å²) in [6, 6.07) is 3.36. The fourth-order valence-corrected chi connectivity index (χ4v) is 3.81. The van der Waals surface area contributed by atoms with Gasteiger partial charge >= 0.3 is 0 Å². The molecule has 0 radical (unpaired) electrons. The van der Waals surface area contributed by atoms with Crippen LogP contribution in [0.4, 0.5) is 0 Å². The molecule has 0 aromatic heterocycles. The predicted octanol–water partition coefficient (Wildman–Crippen LogP) is 3.00. The minimum absolute atomic E-state index is 0. The van der Waals surface area contributed by atoms with Crippen molar-refractivity contribution in [3.8, 4) is 5.75 Å². The zero-order chi connectivity index (χ0) is 15.7. The molecule has 21 heavy (non-hydrogen) atoms. The Labute approximate surface area is 134 Å². The van der Waals surface area contributed by atoms with Crippen molar-refractivity contribution < 1.29 is 13.5 Å². The van der Waals surface area contributed by atoms with E-state index in [0.717, 1.165) is 5.56 Å². The first-order chi connectivity index (χ1) is 8.99. The lowest BCUT2D eigenvalue weighted by atomic mass is 9.86. The van der Waals surface area contributed by atoms with Gasteiger partial charge in [0.25, 0.3) is 0 Å². The van der Waals surface area contributed by atoms with Crippen molar-refractivity contribution in [2.45, 2.75) is 51.5 Å². The largest absolute Gasteiger partial charge is 0.506 e. The van der Waals surface area contributed by atoms with Crippen molar-refractivity contribution in [3.05, 3.63) is 23.3 Å². The van der Waals surface area contributed by atoms with Crippen molar-refractivity contribution >= 4 is 22.2 Å². The molecule has 6 heteroatoms.